The normalized spacial score (nSPS) is 14.2. The number of benzene rings is 1. The van der Waals surface area contributed by atoms with Crippen LogP contribution in [0.5, 0.6) is 5.75 Å². The van der Waals surface area contributed by atoms with Crippen LogP contribution in [0, 0.1) is 5.92 Å². The number of para-hydroxylation sites is 1. The van der Waals surface area contributed by atoms with Crippen molar-refractivity contribution in [3.8, 4) is 17.0 Å². The fourth-order valence-electron chi connectivity index (χ4n) is 2.82. The van der Waals surface area contributed by atoms with Crippen LogP contribution in [0.4, 0.5) is 5.82 Å². The van der Waals surface area contributed by atoms with Crippen molar-refractivity contribution in [2.75, 3.05) is 19.0 Å². The van der Waals surface area contributed by atoms with Crippen LogP contribution in [-0.2, 0) is 0 Å². The zero-order valence-corrected chi connectivity index (χ0v) is 12.6. The lowest BCUT2D eigenvalue weighted by molar-refractivity contribution is 0.416. The van der Waals surface area contributed by atoms with Crippen LogP contribution >= 0.6 is 0 Å². The fraction of sp³-hybridized carbons (Fsp3) is 0.278. The highest BCUT2D eigenvalue weighted by Gasteiger charge is 2.21. The second kappa shape index (κ2) is 5.37. The molecule has 1 saturated carbocycles. The summed E-state index contributed by atoms with van der Waals surface area (Å²) in [5.74, 6) is 2.66. The molecule has 1 aliphatic rings. The Hall–Kier alpha value is -2.49. The van der Waals surface area contributed by atoms with Gasteiger partial charge in [0.05, 0.1) is 18.3 Å². The quantitative estimate of drug-likeness (QED) is 0.777. The van der Waals surface area contributed by atoms with Gasteiger partial charge in [0.25, 0.3) is 0 Å². The van der Waals surface area contributed by atoms with Crippen LogP contribution in [0.25, 0.3) is 16.8 Å². The van der Waals surface area contributed by atoms with E-state index >= 15 is 0 Å². The molecule has 0 radical (unpaired) electrons. The van der Waals surface area contributed by atoms with E-state index in [0.717, 1.165) is 40.8 Å². The largest absolute Gasteiger partial charge is 0.496 e. The Morgan fingerprint density at radius 2 is 2.09 bits per heavy atom. The third-order valence-corrected chi connectivity index (χ3v) is 4.22. The van der Waals surface area contributed by atoms with E-state index in [2.05, 4.69) is 32.9 Å². The van der Waals surface area contributed by atoms with Gasteiger partial charge in [-0.3, -0.25) is 0 Å². The van der Waals surface area contributed by atoms with Gasteiger partial charge in [-0.05, 0) is 43.0 Å². The van der Waals surface area contributed by atoms with Crippen molar-refractivity contribution < 1.29 is 4.74 Å². The van der Waals surface area contributed by atoms with Gasteiger partial charge < -0.3 is 14.5 Å². The highest BCUT2D eigenvalue weighted by Crippen LogP contribution is 2.33. The van der Waals surface area contributed by atoms with Gasteiger partial charge in [0.1, 0.15) is 11.6 Å². The number of aromatic nitrogens is 2. The minimum atomic E-state index is 0.825. The van der Waals surface area contributed by atoms with Crippen molar-refractivity contribution in [3.63, 3.8) is 0 Å². The molecule has 0 atom stereocenters. The topological polar surface area (TPSA) is 38.6 Å². The van der Waals surface area contributed by atoms with Crippen molar-refractivity contribution in [1.82, 2.24) is 9.38 Å². The van der Waals surface area contributed by atoms with E-state index in [1.54, 1.807) is 7.11 Å². The van der Waals surface area contributed by atoms with E-state index < -0.39 is 0 Å². The average Bonchev–Trinajstić information content (AvgIpc) is 3.30. The Morgan fingerprint density at radius 3 is 2.91 bits per heavy atom. The summed E-state index contributed by atoms with van der Waals surface area (Å²) < 4.78 is 7.66. The van der Waals surface area contributed by atoms with Crippen LogP contribution in [0.1, 0.15) is 12.8 Å². The smallest absolute Gasteiger partial charge is 0.150 e. The van der Waals surface area contributed by atoms with E-state index in [0.29, 0.717) is 0 Å². The first-order valence-electron chi connectivity index (χ1n) is 7.70. The number of hydrogen-bond acceptors (Lipinski definition) is 3. The van der Waals surface area contributed by atoms with Crippen molar-refractivity contribution in [1.29, 1.82) is 0 Å². The molecule has 2 aromatic heterocycles. The summed E-state index contributed by atoms with van der Waals surface area (Å²) in [6.07, 6.45) is 6.52. The van der Waals surface area contributed by atoms with Gasteiger partial charge in [0.2, 0.25) is 0 Å². The second-order valence-electron chi connectivity index (χ2n) is 5.77. The van der Waals surface area contributed by atoms with Crippen LogP contribution in [0.15, 0.2) is 48.8 Å². The standard InChI is InChI=1S/C18H19N3O/c1-22-17-5-3-2-4-14(17)15-8-9-16-18(19-10-11-21(15)16)20-12-13-6-7-13/h2-5,8-11,13H,6-7,12H2,1H3,(H,19,20). The average molecular weight is 293 g/mol. The van der Waals surface area contributed by atoms with Crippen molar-refractivity contribution in [2.24, 2.45) is 5.92 Å². The molecular formula is C18H19N3O. The molecule has 0 unspecified atom stereocenters. The highest BCUT2D eigenvalue weighted by molar-refractivity contribution is 5.77. The monoisotopic (exact) mass is 293 g/mol. The maximum absolute atomic E-state index is 5.49. The first-order chi connectivity index (χ1) is 10.9. The number of nitrogens with zero attached hydrogens (tertiary/aromatic N) is 2. The maximum Gasteiger partial charge on any atom is 0.150 e. The molecular weight excluding hydrogens is 274 g/mol. The minimum Gasteiger partial charge on any atom is -0.496 e. The van der Waals surface area contributed by atoms with Gasteiger partial charge in [-0.25, -0.2) is 4.98 Å². The van der Waals surface area contributed by atoms with E-state index in [9.17, 15) is 0 Å². The molecule has 4 heteroatoms. The minimum absolute atomic E-state index is 0.825. The number of nitrogens with one attached hydrogen (secondary N) is 1. The molecule has 0 spiro atoms. The molecule has 4 rings (SSSR count). The van der Waals surface area contributed by atoms with E-state index in [1.165, 1.54) is 12.8 Å². The van der Waals surface area contributed by atoms with Crippen LogP contribution in [0.2, 0.25) is 0 Å². The molecule has 4 nitrogen and oxygen atoms in total. The highest BCUT2D eigenvalue weighted by atomic mass is 16.5. The van der Waals surface area contributed by atoms with E-state index in [4.69, 9.17) is 4.74 Å². The third-order valence-electron chi connectivity index (χ3n) is 4.22. The van der Waals surface area contributed by atoms with E-state index in [1.807, 2.05) is 30.6 Å². The lowest BCUT2D eigenvalue weighted by Crippen LogP contribution is -2.06. The summed E-state index contributed by atoms with van der Waals surface area (Å²) in [6, 6.07) is 12.3. The number of fused-ring (bicyclic) bond motifs is 1. The molecule has 0 saturated heterocycles. The van der Waals surface area contributed by atoms with Gasteiger partial charge in [0, 0.05) is 24.5 Å². The summed E-state index contributed by atoms with van der Waals surface area (Å²) in [5, 5.41) is 3.48. The predicted octanol–water partition coefficient (Wildman–Crippen LogP) is 3.83. The summed E-state index contributed by atoms with van der Waals surface area (Å²) in [4.78, 5) is 4.49. The predicted molar refractivity (Wildman–Crippen MR) is 88.4 cm³/mol. The maximum atomic E-state index is 5.49. The molecule has 1 N–H and O–H groups in total. The van der Waals surface area contributed by atoms with Crippen molar-refractivity contribution >= 4 is 11.3 Å². The van der Waals surface area contributed by atoms with Crippen molar-refractivity contribution in [2.45, 2.75) is 12.8 Å². The van der Waals surface area contributed by atoms with Crippen LogP contribution < -0.4 is 10.1 Å². The van der Waals surface area contributed by atoms with Gasteiger partial charge in [-0.2, -0.15) is 0 Å². The Kier molecular flexibility index (Phi) is 3.22. The van der Waals surface area contributed by atoms with Crippen LogP contribution in [-0.4, -0.2) is 23.0 Å². The molecule has 1 fully saturated rings. The lowest BCUT2D eigenvalue weighted by atomic mass is 10.1. The van der Waals surface area contributed by atoms with Gasteiger partial charge in [-0.1, -0.05) is 12.1 Å². The molecule has 112 valence electrons. The Balaban J connectivity index is 1.77. The molecule has 0 bridgehead atoms. The molecule has 2 heterocycles. The fourth-order valence-corrected chi connectivity index (χ4v) is 2.82. The number of ether oxygens (including phenoxy) is 1. The number of rotatable bonds is 5. The molecule has 0 aliphatic heterocycles. The summed E-state index contributed by atoms with van der Waals surface area (Å²) in [6.45, 7) is 1.02. The Labute approximate surface area is 129 Å². The van der Waals surface area contributed by atoms with E-state index in [-0.39, 0.29) is 0 Å². The first kappa shape index (κ1) is 13.2. The molecule has 0 amide bonds. The third kappa shape index (κ3) is 2.30. The number of hydrogen-bond donors (Lipinski definition) is 1. The van der Waals surface area contributed by atoms with Gasteiger partial charge >= 0.3 is 0 Å². The Morgan fingerprint density at radius 1 is 1.23 bits per heavy atom. The summed E-state index contributed by atoms with van der Waals surface area (Å²) in [7, 11) is 1.71. The van der Waals surface area contributed by atoms with Gasteiger partial charge in [-0.15, -0.1) is 0 Å². The molecule has 3 aromatic rings. The van der Waals surface area contributed by atoms with Crippen LogP contribution in [0.3, 0.4) is 0 Å². The first-order valence-corrected chi connectivity index (χ1v) is 7.70. The zero-order chi connectivity index (χ0) is 14.9. The summed E-state index contributed by atoms with van der Waals surface area (Å²) >= 11 is 0. The zero-order valence-electron chi connectivity index (χ0n) is 12.6. The lowest BCUT2D eigenvalue weighted by Gasteiger charge is -2.10. The number of methoxy groups -OCH3 is 1. The van der Waals surface area contributed by atoms with Gasteiger partial charge in [0.15, 0.2) is 0 Å². The summed E-state index contributed by atoms with van der Waals surface area (Å²) in [5.41, 5.74) is 3.30. The second-order valence-corrected chi connectivity index (χ2v) is 5.77. The van der Waals surface area contributed by atoms with Crippen molar-refractivity contribution in [3.05, 3.63) is 48.8 Å². The number of anilines is 1. The Bertz CT molecular complexity index is 805. The molecule has 22 heavy (non-hydrogen) atoms. The molecule has 1 aliphatic carbocycles. The SMILES string of the molecule is COc1ccccc1-c1ccc2c(NCC3CC3)nccn12. The molecule has 1 aromatic carbocycles.